The molecular weight excluding hydrogens is 480 g/mol. The van der Waals surface area contributed by atoms with E-state index in [0.29, 0.717) is 0 Å². The first-order valence-electron chi connectivity index (χ1n) is 9.53. The zero-order chi connectivity index (χ0) is 24.6. The van der Waals surface area contributed by atoms with E-state index in [2.05, 4.69) is 20.7 Å². The normalized spacial score (nSPS) is 17.1. The quantitative estimate of drug-likeness (QED) is 0.472. The fourth-order valence-corrected chi connectivity index (χ4v) is 5.74. The first-order valence-corrected chi connectivity index (χ1v) is 12.4. The van der Waals surface area contributed by atoms with Crippen LogP contribution in [-0.2, 0) is 27.3 Å². The second-order valence-corrected chi connectivity index (χ2v) is 10.8. The van der Waals surface area contributed by atoms with Gasteiger partial charge in [0.15, 0.2) is 5.82 Å². The van der Waals surface area contributed by atoms with Crippen molar-refractivity contribution >= 4 is 31.8 Å². The van der Waals surface area contributed by atoms with Crippen molar-refractivity contribution in [3.63, 3.8) is 0 Å². The van der Waals surface area contributed by atoms with Crippen LogP contribution in [0.15, 0.2) is 29.3 Å². The van der Waals surface area contributed by atoms with E-state index in [1.54, 1.807) is 0 Å². The van der Waals surface area contributed by atoms with E-state index >= 15 is 4.39 Å². The minimum atomic E-state index is -4.42. The van der Waals surface area contributed by atoms with Gasteiger partial charge < -0.3 is 9.88 Å². The van der Waals surface area contributed by atoms with Crippen LogP contribution in [0.3, 0.4) is 0 Å². The van der Waals surface area contributed by atoms with E-state index in [0.717, 1.165) is 21.1 Å². The lowest BCUT2D eigenvalue weighted by atomic mass is 10.2. The molecule has 2 heterocycles. The van der Waals surface area contributed by atoms with E-state index in [1.807, 2.05) is 0 Å². The zero-order valence-corrected chi connectivity index (χ0v) is 19.2. The van der Waals surface area contributed by atoms with E-state index < -0.39 is 54.4 Å². The molecule has 2 aromatic rings. The van der Waals surface area contributed by atoms with Gasteiger partial charge >= 0.3 is 0 Å². The van der Waals surface area contributed by atoms with Gasteiger partial charge in [-0.2, -0.15) is 12.7 Å². The van der Waals surface area contributed by atoms with Crippen molar-refractivity contribution in [3.8, 4) is 12.3 Å². The Kier molecular flexibility index (Phi) is 6.91. The summed E-state index contributed by atoms with van der Waals surface area (Å²) in [5.74, 6) is -0.832. The molecule has 0 bridgehead atoms. The van der Waals surface area contributed by atoms with Crippen LogP contribution < -0.4 is 14.8 Å². The molecule has 1 aromatic heterocycles. The van der Waals surface area contributed by atoms with Crippen molar-refractivity contribution in [1.29, 1.82) is 0 Å². The average Bonchev–Trinajstić information content (AvgIpc) is 3.33. The van der Waals surface area contributed by atoms with Gasteiger partial charge in [0, 0.05) is 45.1 Å². The SMILES string of the molecule is C#Cc1cc(NC(=O)c2c(F)c(S(=O)(=O)N[C@@H]3CCN(S(=O)(=O)NC)C3)cn2C)ccc1F. The number of hydrogen-bond acceptors (Lipinski definition) is 5. The Balaban J connectivity index is 1.81. The molecule has 33 heavy (non-hydrogen) atoms. The molecule has 0 unspecified atom stereocenters. The third-order valence-electron chi connectivity index (χ3n) is 5.04. The number of carbonyl (C=O) groups is 1. The molecule has 1 aromatic carbocycles. The van der Waals surface area contributed by atoms with Gasteiger partial charge in [-0.3, -0.25) is 4.79 Å². The molecule has 1 aliphatic heterocycles. The highest BCUT2D eigenvalue weighted by atomic mass is 32.2. The van der Waals surface area contributed by atoms with Crippen LogP contribution in [0.2, 0.25) is 0 Å². The number of sulfonamides is 1. The van der Waals surface area contributed by atoms with Gasteiger partial charge in [-0.15, -0.1) is 6.42 Å². The molecule has 3 N–H and O–H groups in total. The zero-order valence-electron chi connectivity index (χ0n) is 17.6. The number of halogens is 2. The predicted octanol–water partition coefficient (Wildman–Crippen LogP) is 0.354. The van der Waals surface area contributed by atoms with Crippen molar-refractivity contribution in [2.45, 2.75) is 17.4 Å². The van der Waals surface area contributed by atoms with Crippen molar-refractivity contribution in [3.05, 3.63) is 47.3 Å². The largest absolute Gasteiger partial charge is 0.343 e. The topological polar surface area (TPSA) is 130 Å². The molecule has 3 rings (SSSR count). The van der Waals surface area contributed by atoms with Gasteiger partial charge in [-0.05, 0) is 24.6 Å². The number of amides is 1. The second kappa shape index (κ2) is 9.20. The fourth-order valence-electron chi connectivity index (χ4n) is 3.37. The fraction of sp³-hybridized carbons (Fsp3) is 0.316. The van der Waals surface area contributed by atoms with Gasteiger partial charge in [0.05, 0.1) is 5.56 Å². The Morgan fingerprint density at radius 2 is 1.94 bits per heavy atom. The summed E-state index contributed by atoms with van der Waals surface area (Å²) >= 11 is 0. The molecule has 0 aliphatic carbocycles. The standard InChI is InChI=1S/C19H21F2N5O5S2/c1-4-12-9-13(5-6-15(12)20)23-19(27)18-17(21)16(11-25(18)3)32(28,29)24-14-7-8-26(10-14)33(30,31)22-2/h1,5-6,9,11,14,22,24H,7-8,10H2,2-3H3,(H,23,27)/t14-/m1/s1. The van der Waals surface area contributed by atoms with Crippen molar-refractivity contribution < 1.29 is 30.4 Å². The van der Waals surface area contributed by atoms with Gasteiger partial charge in [0.25, 0.3) is 16.1 Å². The Morgan fingerprint density at radius 1 is 1.24 bits per heavy atom. The lowest BCUT2D eigenvalue weighted by Gasteiger charge is -2.16. The Hall–Kier alpha value is -2.83. The molecule has 0 radical (unpaired) electrons. The highest BCUT2D eigenvalue weighted by molar-refractivity contribution is 7.89. The summed E-state index contributed by atoms with van der Waals surface area (Å²) in [6.07, 6.45) is 6.30. The number of aromatic nitrogens is 1. The number of nitrogens with zero attached hydrogens (tertiary/aromatic N) is 2. The highest BCUT2D eigenvalue weighted by Crippen LogP contribution is 2.23. The van der Waals surface area contributed by atoms with Gasteiger partial charge in [0.2, 0.25) is 10.0 Å². The third kappa shape index (κ3) is 5.07. The lowest BCUT2D eigenvalue weighted by molar-refractivity contribution is 0.101. The molecule has 0 saturated carbocycles. The number of terminal acetylenes is 1. The number of hydrogen-bond donors (Lipinski definition) is 3. The summed E-state index contributed by atoms with van der Waals surface area (Å²) in [4.78, 5) is 11.8. The maximum atomic E-state index is 15.0. The lowest BCUT2D eigenvalue weighted by Crippen LogP contribution is -2.41. The van der Waals surface area contributed by atoms with Crippen molar-refractivity contribution in [2.75, 3.05) is 25.5 Å². The Morgan fingerprint density at radius 3 is 2.58 bits per heavy atom. The summed E-state index contributed by atoms with van der Waals surface area (Å²) in [5, 5.41) is 2.35. The van der Waals surface area contributed by atoms with E-state index in [1.165, 1.54) is 26.2 Å². The molecule has 10 nitrogen and oxygen atoms in total. The number of carbonyl (C=O) groups excluding carboxylic acids is 1. The smallest absolute Gasteiger partial charge is 0.279 e. The molecule has 1 saturated heterocycles. The van der Waals surface area contributed by atoms with Crippen LogP contribution >= 0.6 is 0 Å². The van der Waals surface area contributed by atoms with Crippen LogP contribution in [0, 0.1) is 24.0 Å². The number of anilines is 1. The summed E-state index contributed by atoms with van der Waals surface area (Å²) < 4.78 is 84.3. The Bertz CT molecular complexity index is 1350. The van der Waals surface area contributed by atoms with Crippen LogP contribution in [0.25, 0.3) is 0 Å². The molecule has 0 spiro atoms. The maximum Gasteiger partial charge on any atom is 0.279 e. The second-order valence-electron chi connectivity index (χ2n) is 7.23. The number of rotatable bonds is 7. The molecule has 1 atom stereocenters. The van der Waals surface area contributed by atoms with Crippen molar-refractivity contribution in [1.82, 2.24) is 18.3 Å². The van der Waals surface area contributed by atoms with Crippen LogP contribution in [0.4, 0.5) is 14.5 Å². The molecule has 14 heteroatoms. The molecule has 1 fully saturated rings. The highest BCUT2D eigenvalue weighted by Gasteiger charge is 2.35. The predicted molar refractivity (Wildman–Crippen MR) is 116 cm³/mol. The van der Waals surface area contributed by atoms with Crippen molar-refractivity contribution in [2.24, 2.45) is 7.05 Å². The first kappa shape index (κ1) is 24.8. The minimum absolute atomic E-state index is 0.0819. The third-order valence-corrected chi connectivity index (χ3v) is 8.08. The number of aryl methyl sites for hydroxylation is 1. The summed E-state index contributed by atoms with van der Waals surface area (Å²) in [5.41, 5.74) is -0.597. The maximum absolute atomic E-state index is 15.0. The average molecular weight is 502 g/mol. The number of benzene rings is 1. The van der Waals surface area contributed by atoms with Crippen LogP contribution in [0.5, 0.6) is 0 Å². The molecule has 1 aliphatic rings. The van der Waals surface area contributed by atoms with Crippen LogP contribution in [0.1, 0.15) is 22.5 Å². The minimum Gasteiger partial charge on any atom is -0.343 e. The van der Waals surface area contributed by atoms with E-state index in [9.17, 15) is 26.0 Å². The monoisotopic (exact) mass is 501 g/mol. The summed E-state index contributed by atoms with van der Waals surface area (Å²) in [6, 6.07) is 2.65. The van der Waals surface area contributed by atoms with Crippen LogP contribution in [-0.4, -0.2) is 57.8 Å². The van der Waals surface area contributed by atoms with E-state index in [4.69, 9.17) is 6.42 Å². The Labute approximate surface area is 190 Å². The van der Waals surface area contributed by atoms with Gasteiger partial charge in [-0.25, -0.2) is 26.6 Å². The number of nitrogens with one attached hydrogen (secondary N) is 3. The molecule has 178 valence electrons. The summed E-state index contributed by atoms with van der Waals surface area (Å²) in [7, 11) is -5.63. The van der Waals surface area contributed by atoms with Gasteiger partial charge in [0.1, 0.15) is 16.4 Å². The molecule has 1 amide bonds. The molecular formula is C19H21F2N5O5S2. The first-order chi connectivity index (χ1) is 15.4. The van der Waals surface area contributed by atoms with Gasteiger partial charge in [-0.1, -0.05) is 5.92 Å². The summed E-state index contributed by atoms with van der Waals surface area (Å²) in [6.45, 7) is -0.0507. The van der Waals surface area contributed by atoms with E-state index in [-0.39, 0.29) is 30.8 Å².